The molecule has 0 aliphatic heterocycles. The van der Waals surface area contributed by atoms with Gasteiger partial charge < -0.3 is 19.0 Å². The van der Waals surface area contributed by atoms with Crippen LogP contribution in [0.2, 0.25) is 0 Å². The molecule has 1 aromatic carbocycles. The molecule has 4 aromatic rings. The van der Waals surface area contributed by atoms with E-state index in [2.05, 4.69) is 20.4 Å². The summed E-state index contributed by atoms with van der Waals surface area (Å²) in [5, 5.41) is 6.36. The highest BCUT2D eigenvalue weighted by molar-refractivity contribution is 6.03. The van der Waals surface area contributed by atoms with Crippen LogP contribution in [0.1, 0.15) is 10.5 Å². The topological polar surface area (TPSA) is 103 Å². The highest BCUT2D eigenvalue weighted by atomic mass is 16.5. The SMILES string of the molecule is O=C(Nc1cnc(Oc2ccccc2)nc1)c1cc(-c2ccco2)on1. The van der Waals surface area contributed by atoms with Crippen LogP contribution >= 0.6 is 0 Å². The van der Waals surface area contributed by atoms with E-state index in [0.29, 0.717) is 23.0 Å². The number of furan rings is 1. The van der Waals surface area contributed by atoms with Gasteiger partial charge in [0.05, 0.1) is 24.3 Å². The van der Waals surface area contributed by atoms with Crippen LogP contribution in [0.25, 0.3) is 11.5 Å². The molecule has 0 bridgehead atoms. The Labute approximate surface area is 147 Å². The molecule has 8 heteroatoms. The van der Waals surface area contributed by atoms with E-state index in [4.69, 9.17) is 13.7 Å². The van der Waals surface area contributed by atoms with E-state index in [1.54, 1.807) is 24.3 Å². The van der Waals surface area contributed by atoms with Gasteiger partial charge in [-0.1, -0.05) is 23.4 Å². The third-order valence-electron chi connectivity index (χ3n) is 3.35. The van der Waals surface area contributed by atoms with Crippen molar-refractivity contribution in [2.75, 3.05) is 5.32 Å². The highest BCUT2D eigenvalue weighted by Gasteiger charge is 2.15. The molecule has 0 unspecified atom stereocenters. The van der Waals surface area contributed by atoms with Crippen molar-refractivity contribution < 1.29 is 18.5 Å². The quantitative estimate of drug-likeness (QED) is 0.585. The van der Waals surface area contributed by atoms with Gasteiger partial charge in [-0.2, -0.15) is 0 Å². The second-order valence-corrected chi connectivity index (χ2v) is 5.18. The number of rotatable bonds is 5. The maximum absolute atomic E-state index is 12.2. The Balaban J connectivity index is 1.41. The first-order chi connectivity index (χ1) is 12.8. The number of anilines is 1. The summed E-state index contributed by atoms with van der Waals surface area (Å²) in [7, 11) is 0. The van der Waals surface area contributed by atoms with Gasteiger partial charge in [0.15, 0.2) is 11.5 Å². The summed E-state index contributed by atoms with van der Waals surface area (Å²) in [6.07, 6.45) is 4.39. The second kappa shape index (κ2) is 6.89. The number of carbonyl (C=O) groups is 1. The summed E-state index contributed by atoms with van der Waals surface area (Å²) >= 11 is 0. The predicted molar refractivity (Wildman–Crippen MR) is 90.7 cm³/mol. The largest absolute Gasteiger partial charge is 0.461 e. The van der Waals surface area contributed by atoms with Crippen molar-refractivity contribution in [2.24, 2.45) is 0 Å². The Morgan fingerprint density at radius 1 is 1.00 bits per heavy atom. The van der Waals surface area contributed by atoms with Gasteiger partial charge in [0, 0.05) is 6.07 Å². The van der Waals surface area contributed by atoms with E-state index in [9.17, 15) is 4.79 Å². The Morgan fingerprint density at radius 2 is 1.81 bits per heavy atom. The number of hydrogen-bond donors (Lipinski definition) is 1. The first-order valence-electron chi connectivity index (χ1n) is 7.65. The number of nitrogens with one attached hydrogen (secondary N) is 1. The molecule has 1 N–H and O–H groups in total. The zero-order valence-corrected chi connectivity index (χ0v) is 13.3. The van der Waals surface area contributed by atoms with Gasteiger partial charge in [-0.3, -0.25) is 4.79 Å². The van der Waals surface area contributed by atoms with E-state index in [-0.39, 0.29) is 11.7 Å². The molecule has 4 rings (SSSR count). The van der Waals surface area contributed by atoms with Crippen LogP contribution in [-0.2, 0) is 0 Å². The van der Waals surface area contributed by atoms with Crippen LogP contribution in [0.15, 0.2) is 76.1 Å². The molecular formula is C18H12N4O4. The Bertz CT molecular complexity index is 995. The van der Waals surface area contributed by atoms with Crippen molar-refractivity contribution in [2.45, 2.75) is 0 Å². The molecule has 0 atom stereocenters. The fourth-order valence-corrected chi connectivity index (χ4v) is 2.14. The first-order valence-corrected chi connectivity index (χ1v) is 7.65. The Hall–Kier alpha value is -3.94. The predicted octanol–water partition coefficient (Wildman–Crippen LogP) is 3.77. The molecule has 0 aliphatic carbocycles. The maximum Gasteiger partial charge on any atom is 0.322 e. The number of aromatic nitrogens is 3. The third-order valence-corrected chi connectivity index (χ3v) is 3.35. The average Bonchev–Trinajstić information content (AvgIpc) is 3.36. The van der Waals surface area contributed by atoms with Crippen LogP contribution < -0.4 is 10.1 Å². The number of amides is 1. The second-order valence-electron chi connectivity index (χ2n) is 5.18. The van der Waals surface area contributed by atoms with E-state index in [0.717, 1.165) is 0 Å². The number of benzene rings is 1. The van der Waals surface area contributed by atoms with Gasteiger partial charge in [0.1, 0.15) is 5.75 Å². The summed E-state index contributed by atoms with van der Waals surface area (Å²) in [5.41, 5.74) is 0.513. The molecule has 0 fully saturated rings. The molecule has 0 aliphatic rings. The fourth-order valence-electron chi connectivity index (χ4n) is 2.14. The van der Waals surface area contributed by atoms with Crippen molar-refractivity contribution in [1.82, 2.24) is 15.1 Å². The molecule has 1 amide bonds. The van der Waals surface area contributed by atoms with Crippen molar-refractivity contribution in [3.8, 4) is 23.3 Å². The van der Waals surface area contributed by atoms with Crippen molar-refractivity contribution >= 4 is 11.6 Å². The van der Waals surface area contributed by atoms with Gasteiger partial charge in [-0.05, 0) is 24.3 Å². The summed E-state index contributed by atoms with van der Waals surface area (Å²) in [6.45, 7) is 0. The molecule has 3 aromatic heterocycles. The number of carbonyl (C=O) groups excluding carboxylic acids is 1. The average molecular weight is 348 g/mol. The van der Waals surface area contributed by atoms with Crippen LogP contribution in [0.5, 0.6) is 11.8 Å². The molecule has 26 heavy (non-hydrogen) atoms. The minimum absolute atomic E-state index is 0.112. The van der Waals surface area contributed by atoms with E-state index < -0.39 is 5.91 Å². The molecule has 0 radical (unpaired) electrons. The molecule has 128 valence electrons. The lowest BCUT2D eigenvalue weighted by molar-refractivity contribution is 0.101. The lowest BCUT2D eigenvalue weighted by Gasteiger charge is -2.05. The van der Waals surface area contributed by atoms with Gasteiger partial charge in [0.2, 0.25) is 5.76 Å². The van der Waals surface area contributed by atoms with Crippen molar-refractivity contribution in [3.63, 3.8) is 0 Å². The first kappa shape index (κ1) is 15.6. The summed E-state index contributed by atoms with van der Waals surface area (Å²) < 4.78 is 15.8. The van der Waals surface area contributed by atoms with Crippen LogP contribution in [0.3, 0.4) is 0 Å². The lowest BCUT2D eigenvalue weighted by Crippen LogP contribution is -2.12. The third kappa shape index (κ3) is 3.44. The summed E-state index contributed by atoms with van der Waals surface area (Å²) in [4.78, 5) is 20.3. The van der Waals surface area contributed by atoms with Gasteiger partial charge in [-0.15, -0.1) is 0 Å². The Morgan fingerprint density at radius 3 is 2.54 bits per heavy atom. The Kier molecular flexibility index (Phi) is 4.13. The van der Waals surface area contributed by atoms with Crippen LogP contribution in [0.4, 0.5) is 5.69 Å². The number of hydrogen-bond acceptors (Lipinski definition) is 7. The van der Waals surface area contributed by atoms with Crippen LogP contribution in [0, 0.1) is 0 Å². The molecule has 3 heterocycles. The standard InChI is InChI=1S/C18H12N4O4/c23-17(14-9-16(26-22-14)15-7-4-8-24-15)21-12-10-19-18(20-11-12)25-13-5-2-1-3-6-13/h1-11H,(H,21,23). The normalized spacial score (nSPS) is 10.5. The lowest BCUT2D eigenvalue weighted by atomic mass is 10.3. The molecule has 0 saturated carbocycles. The molecule has 8 nitrogen and oxygen atoms in total. The monoisotopic (exact) mass is 348 g/mol. The maximum atomic E-state index is 12.2. The molecule has 0 saturated heterocycles. The minimum Gasteiger partial charge on any atom is -0.461 e. The minimum atomic E-state index is -0.452. The molecular weight excluding hydrogens is 336 g/mol. The highest BCUT2D eigenvalue weighted by Crippen LogP contribution is 2.21. The number of ether oxygens (including phenoxy) is 1. The summed E-state index contributed by atoms with van der Waals surface area (Å²) in [5.74, 6) is 1.02. The van der Waals surface area contributed by atoms with Crippen LogP contribution in [-0.4, -0.2) is 21.0 Å². The van der Waals surface area contributed by atoms with Gasteiger partial charge in [-0.25, -0.2) is 9.97 Å². The van der Waals surface area contributed by atoms with E-state index in [1.165, 1.54) is 24.7 Å². The van der Waals surface area contributed by atoms with Gasteiger partial charge >= 0.3 is 6.01 Å². The van der Waals surface area contributed by atoms with E-state index in [1.807, 2.05) is 18.2 Å². The van der Waals surface area contributed by atoms with Gasteiger partial charge in [0.25, 0.3) is 5.91 Å². The van der Waals surface area contributed by atoms with Crippen molar-refractivity contribution in [1.29, 1.82) is 0 Å². The van der Waals surface area contributed by atoms with E-state index >= 15 is 0 Å². The number of para-hydroxylation sites is 1. The fraction of sp³-hybridized carbons (Fsp3) is 0. The number of nitrogens with zero attached hydrogens (tertiary/aromatic N) is 3. The molecule has 0 spiro atoms. The zero-order chi connectivity index (χ0) is 17.8. The zero-order valence-electron chi connectivity index (χ0n) is 13.3. The summed E-state index contributed by atoms with van der Waals surface area (Å²) in [6, 6.07) is 14.2. The smallest absolute Gasteiger partial charge is 0.322 e. The van der Waals surface area contributed by atoms with Crippen molar-refractivity contribution in [3.05, 3.63) is 72.9 Å².